The van der Waals surface area contributed by atoms with E-state index in [1.807, 2.05) is 6.07 Å². The lowest BCUT2D eigenvalue weighted by Gasteiger charge is -2.32. The Balaban J connectivity index is 2.12. The molecule has 0 radical (unpaired) electrons. The molecular weight excluding hydrogens is 206 g/mol. The van der Waals surface area contributed by atoms with Crippen LogP contribution in [-0.2, 0) is 4.74 Å². The molecule has 2 heterocycles. The second-order valence-corrected chi connectivity index (χ2v) is 4.09. The number of esters is 1. The number of benzene rings is 1. The molecule has 0 bridgehead atoms. The van der Waals surface area contributed by atoms with E-state index in [0.717, 1.165) is 31.4 Å². The Labute approximate surface area is 92.8 Å². The number of ether oxygens (including phenoxy) is 1. The lowest BCUT2D eigenvalue weighted by Crippen LogP contribution is -2.38. The highest BCUT2D eigenvalue weighted by atomic mass is 16.6. The average molecular weight is 217 g/mol. The first-order valence-electron chi connectivity index (χ1n) is 5.36. The summed E-state index contributed by atoms with van der Waals surface area (Å²) >= 11 is 0. The van der Waals surface area contributed by atoms with Crippen molar-refractivity contribution in [3.05, 3.63) is 29.3 Å². The molecule has 4 heteroatoms. The molecule has 1 saturated heterocycles. The van der Waals surface area contributed by atoms with Crippen LogP contribution in [0.1, 0.15) is 33.6 Å². The van der Waals surface area contributed by atoms with Gasteiger partial charge in [-0.3, -0.25) is 4.79 Å². The van der Waals surface area contributed by atoms with Crippen LogP contribution < -0.4 is 4.90 Å². The van der Waals surface area contributed by atoms with E-state index in [9.17, 15) is 9.59 Å². The molecule has 0 aliphatic carbocycles. The minimum Gasteiger partial charge on any atom is -0.438 e. The monoisotopic (exact) mass is 217 g/mol. The fraction of sp³-hybridized carbons (Fsp3) is 0.333. The van der Waals surface area contributed by atoms with Crippen LogP contribution in [0.4, 0.5) is 5.69 Å². The van der Waals surface area contributed by atoms with Crippen LogP contribution in [0.25, 0.3) is 0 Å². The number of carbonyl (C=O) groups is 2. The topological polar surface area (TPSA) is 46.6 Å². The highest BCUT2D eigenvalue weighted by Gasteiger charge is 2.35. The van der Waals surface area contributed by atoms with Crippen molar-refractivity contribution < 1.29 is 14.3 Å². The van der Waals surface area contributed by atoms with Crippen molar-refractivity contribution in [3.8, 4) is 0 Å². The van der Waals surface area contributed by atoms with Gasteiger partial charge in [0.1, 0.15) is 6.29 Å². The van der Waals surface area contributed by atoms with Gasteiger partial charge < -0.3 is 9.64 Å². The Morgan fingerprint density at radius 2 is 2.31 bits per heavy atom. The second kappa shape index (κ2) is 3.33. The van der Waals surface area contributed by atoms with Crippen molar-refractivity contribution in [1.82, 2.24) is 0 Å². The van der Waals surface area contributed by atoms with Gasteiger partial charge in [-0.25, -0.2) is 4.79 Å². The summed E-state index contributed by atoms with van der Waals surface area (Å²) in [7, 11) is 0. The van der Waals surface area contributed by atoms with Gasteiger partial charge >= 0.3 is 5.97 Å². The van der Waals surface area contributed by atoms with E-state index in [2.05, 4.69) is 4.90 Å². The number of anilines is 1. The molecule has 16 heavy (non-hydrogen) atoms. The summed E-state index contributed by atoms with van der Waals surface area (Å²) in [5.41, 5.74) is 1.90. The number of carbonyl (C=O) groups excluding carboxylic acids is 2. The number of fused-ring (bicyclic) bond motifs is 3. The molecule has 0 amide bonds. The van der Waals surface area contributed by atoms with Gasteiger partial charge in [0.05, 0.1) is 11.3 Å². The Morgan fingerprint density at radius 3 is 3.12 bits per heavy atom. The third-order valence-corrected chi connectivity index (χ3v) is 3.13. The van der Waals surface area contributed by atoms with Gasteiger partial charge in [-0.1, -0.05) is 0 Å². The van der Waals surface area contributed by atoms with E-state index in [0.29, 0.717) is 11.1 Å². The van der Waals surface area contributed by atoms with Crippen molar-refractivity contribution in [3.63, 3.8) is 0 Å². The maximum atomic E-state index is 11.7. The maximum Gasteiger partial charge on any atom is 0.342 e. The van der Waals surface area contributed by atoms with Crippen LogP contribution in [0.5, 0.6) is 0 Å². The summed E-state index contributed by atoms with van der Waals surface area (Å²) in [6.07, 6.45) is 2.55. The lowest BCUT2D eigenvalue weighted by molar-refractivity contribution is 0.0292. The van der Waals surface area contributed by atoms with Crippen LogP contribution in [0.15, 0.2) is 18.2 Å². The SMILES string of the molecule is O=Cc1ccc2c(c1)C(=O)OC1CCCN21. The van der Waals surface area contributed by atoms with Gasteiger partial charge in [-0.2, -0.15) is 0 Å². The van der Waals surface area contributed by atoms with E-state index >= 15 is 0 Å². The molecule has 1 aromatic rings. The quantitative estimate of drug-likeness (QED) is 0.529. The molecule has 4 nitrogen and oxygen atoms in total. The van der Waals surface area contributed by atoms with Gasteiger partial charge in [0.15, 0.2) is 6.23 Å². The lowest BCUT2D eigenvalue weighted by atomic mass is 10.1. The fourth-order valence-electron chi connectivity index (χ4n) is 2.36. The number of hydrogen-bond acceptors (Lipinski definition) is 4. The van der Waals surface area contributed by atoms with Crippen molar-refractivity contribution in [1.29, 1.82) is 0 Å². The summed E-state index contributed by atoms with van der Waals surface area (Å²) in [4.78, 5) is 24.5. The van der Waals surface area contributed by atoms with Crippen molar-refractivity contribution >= 4 is 17.9 Å². The van der Waals surface area contributed by atoms with Crippen molar-refractivity contribution in [2.24, 2.45) is 0 Å². The number of rotatable bonds is 1. The van der Waals surface area contributed by atoms with Crippen LogP contribution in [0.3, 0.4) is 0 Å². The number of aldehydes is 1. The summed E-state index contributed by atoms with van der Waals surface area (Å²) in [5, 5.41) is 0. The normalized spacial score (nSPS) is 22.4. The van der Waals surface area contributed by atoms with Crippen molar-refractivity contribution in [2.75, 3.05) is 11.4 Å². The van der Waals surface area contributed by atoms with E-state index in [1.54, 1.807) is 12.1 Å². The Bertz CT molecular complexity index is 469. The zero-order chi connectivity index (χ0) is 11.1. The predicted molar refractivity (Wildman–Crippen MR) is 57.6 cm³/mol. The smallest absolute Gasteiger partial charge is 0.342 e. The van der Waals surface area contributed by atoms with Gasteiger partial charge in [0.25, 0.3) is 0 Å². The van der Waals surface area contributed by atoms with Gasteiger partial charge in [0, 0.05) is 18.5 Å². The molecular formula is C12H11NO3. The van der Waals surface area contributed by atoms with Crippen LogP contribution in [0.2, 0.25) is 0 Å². The van der Waals surface area contributed by atoms with E-state index in [-0.39, 0.29) is 12.2 Å². The minimum absolute atomic E-state index is 0.109. The summed E-state index contributed by atoms with van der Waals surface area (Å²) in [6.45, 7) is 0.908. The molecule has 1 aromatic carbocycles. The molecule has 0 saturated carbocycles. The highest BCUT2D eigenvalue weighted by molar-refractivity contribution is 5.99. The molecule has 0 spiro atoms. The minimum atomic E-state index is -0.318. The Morgan fingerprint density at radius 1 is 1.44 bits per heavy atom. The second-order valence-electron chi connectivity index (χ2n) is 4.09. The Kier molecular flexibility index (Phi) is 1.96. The zero-order valence-corrected chi connectivity index (χ0v) is 8.68. The number of nitrogens with zero attached hydrogens (tertiary/aromatic N) is 1. The molecule has 1 fully saturated rings. The average Bonchev–Trinajstić information content (AvgIpc) is 2.77. The largest absolute Gasteiger partial charge is 0.438 e. The molecule has 0 aromatic heterocycles. The first-order valence-corrected chi connectivity index (χ1v) is 5.36. The Hall–Kier alpha value is -1.84. The molecule has 1 unspecified atom stereocenters. The maximum absolute atomic E-state index is 11.7. The van der Waals surface area contributed by atoms with E-state index in [1.165, 1.54) is 0 Å². The van der Waals surface area contributed by atoms with E-state index < -0.39 is 0 Å². The van der Waals surface area contributed by atoms with Crippen molar-refractivity contribution in [2.45, 2.75) is 19.1 Å². The molecule has 1 atom stereocenters. The fourth-order valence-corrected chi connectivity index (χ4v) is 2.36. The van der Waals surface area contributed by atoms with Gasteiger partial charge in [-0.05, 0) is 24.6 Å². The third-order valence-electron chi connectivity index (χ3n) is 3.13. The summed E-state index contributed by atoms with van der Waals surface area (Å²) in [6, 6.07) is 5.16. The zero-order valence-electron chi connectivity index (χ0n) is 8.68. The molecule has 2 aliphatic rings. The highest BCUT2D eigenvalue weighted by Crippen LogP contribution is 2.34. The molecule has 82 valence electrons. The molecule has 0 N–H and O–H groups in total. The standard InChI is InChI=1S/C12H11NO3/c14-7-8-3-4-10-9(6-8)12(15)16-11-2-1-5-13(10)11/h3-4,6-7,11H,1-2,5H2. The van der Waals surface area contributed by atoms with Gasteiger partial charge in [0.2, 0.25) is 0 Å². The van der Waals surface area contributed by atoms with Gasteiger partial charge in [-0.15, -0.1) is 0 Å². The summed E-state index contributed by atoms with van der Waals surface area (Å²) in [5.74, 6) is -0.318. The molecule has 3 rings (SSSR count). The number of hydrogen-bond donors (Lipinski definition) is 0. The van der Waals surface area contributed by atoms with Crippen LogP contribution in [-0.4, -0.2) is 25.0 Å². The first-order chi connectivity index (χ1) is 7.79. The molecule has 2 aliphatic heterocycles. The van der Waals surface area contributed by atoms with Crippen LogP contribution in [0, 0.1) is 0 Å². The third kappa shape index (κ3) is 1.23. The first kappa shape index (κ1) is 9.39. The summed E-state index contributed by atoms with van der Waals surface area (Å²) < 4.78 is 5.31. The predicted octanol–water partition coefficient (Wildman–Crippen LogP) is 1.60. The van der Waals surface area contributed by atoms with E-state index in [4.69, 9.17) is 4.74 Å². The van der Waals surface area contributed by atoms with Crippen LogP contribution >= 0.6 is 0 Å².